The van der Waals surface area contributed by atoms with Crippen molar-refractivity contribution in [1.29, 1.82) is 0 Å². The largest absolute Gasteiger partial charge is 0.484 e. The van der Waals surface area contributed by atoms with Gasteiger partial charge in [0.2, 0.25) is 15.9 Å². The number of hydrogen-bond acceptors (Lipinski definition) is 5. The van der Waals surface area contributed by atoms with Crippen molar-refractivity contribution in [3.05, 3.63) is 54.1 Å². The van der Waals surface area contributed by atoms with E-state index in [1.54, 1.807) is 50.5 Å². The Kier molecular flexibility index (Phi) is 8.33. The van der Waals surface area contributed by atoms with E-state index in [1.807, 2.05) is 12.1 Å². The molecule has 184 valence electrons. The van der Waals surface area contributed by atoms with Crippen LogP contribution < -0.4 is 10.1 Å². The topological polar surface area (TPSA) is 96.0 Å². The van der Waals surface area contributed by atoms with Crippen LogP contribution in [0.15, 0.2) is 53.4 Å². The van der Waals surface area contributed by atoms with Gasteiger partial charge in [-0.2, -0.15) is 4.31 Å². The average Bonchev–Trinajstić information content (AvgIpc) is 2.83. The van der Waals surface area contributed by atoms with Gasteiger partial charge in [0.25, 0.3) is 5.91 Å². The zero-order valence-corrected chi connectivity index (χ0v) is 21.0. The fourth-order valence-electron chi connectivity index (χ4n) is 3.69. The third-order valence-corrected chi connectivity index (χ3v) is 7.91. The third kappa shape index (κ3) is 6.36. The highest BCUT2D eigenvalue weighted by atomic mass is 32.2. The summed E-state index contributed by atoms with van der Waals surface area (Å²) in [6.07, 6.45) is 0.923. The van der Waals surface area contributed by atoms with Crippen molar-refractivity contribution in [2.24, 2.45) is 5.92 Å². The van der Waals surface area contributed by atoms with Crippen LogP contribution in [0, 0.1) is 5.92 Å². The summed E-state index contributed by atoms with van der Waals surface area (Å²) < 4.78 is 32.9. The number of carbonyl (C=O) groups is 2. The van der Waals surface area contributed by atoms with Gasteiger partial charge < -0.3 is 15.0 Å². The second kappa shape index (κ2) is 11.0. The number of carbonyl (C=O) groups excluding carboxylic acids is 2. The fourth-order valence-corrected chi connectivity index (χ4v) is 5.15. The van der Waals surface area contributed by atoms with E-state index < -0.39 is 10.0 Å². The van der Waals surface area contributed by atoms with Gasteiger partial charge in [-0.15, -0.1) is 0 Å². The number of nitrogens with zero attached hydrogens (tertiary/aromatic N) is 2. The Morgan fingerprint density at radius 3 is 2.15 bits per heavy atom. The van der Waals surface area contributed by atoms with Crippen molar-refractivity contribution >= 4 is 27.5 Å². The molecule has 0 aliphatic carbocycles. The Morgan fingerprint density at radius 2 is 1.62 bits per heavy atom. The van der Waals surface area contributed by atoms with Crippen molar-refractivity contribution in [1.82, 2.24) is 9.21 Å². The van der Waals surface area contributed by atoms with Gasteiger partial charge >= 0.3 is 0 Å². The number of rotatable bonds is 8. The molecule has 0 bridgehead atoms. The minimum absolute atomic E-state index is 0.0535. The zero-order chi connectivity index (χ0) is 24.9. The molecule has 0 spiro atoms. The molecule has 2 aromatic carbocycles. The molecule has 9 heteroatoms. The number of benzene rings is 2. The summed E-state index contributed by atoms with van der Waals surface area (Å²) in [6.45, 7) is 4.69. The Bertz CT molecular complexity index is 1090. The lowest BCUT2D eigenvalue weighted by atomic mass is 9.97. The molecular weight excluding hydrogens is 454 g/mol. The molecule has 1 aliphatic rings. The van der Waals surface area contributed by atoms with E-state index in [0.29, 0.717) is 43.3 Å². The van der Waals surface area contributed by atoms with E-state index in [0.717, 1.165) is 5.56 Å². The molecule has 1 aliphatic heterocycles. The second-order valence-corrected chi connectivity index (χ2v) is 10.9. The monoisotopic (exact) mass is 487 g/mol. The number of sulfonamides is 1. The van der Waals surface area contributed by atoms with Crippen LogP contribution in [0.25, 0.3) is 0 Å². The average molecular weight is 488 g/mol. The first-order valence-electron chi connectivity index (χ1n) is 11.4. The van der Waals surface area contributed by atoms with Gasteiger partial charge in [-0.3, -0.25) is 9.59 Å². The molecule has 34 heavy (non-hydrogen) atoms. The molecule has 0 atom stereocenters. The highest BCUT2D eigenvalue weighted by Gasteiger charge is 2.32. The number of anilines is 1. The van der Waals surface area contributed by atoms with Crippen molar-refractivity contribution in [2.75, 3.05) is 39.1 Å². The van der Waals surface area contributed by atoms with Crippen molar-refractivity contribution in [2.45, 2.75) is 37.5 Å². The summed E-state index contributed by atoms with van der Waals surface area (Å²) in [5, 5.41) is 2.89. The molecule has 0 radical (unpaired) electrons. The van der Waals surface area contributed by atoms with E-state index in [2.05, 4.69) is 19.2 Å². The third-order valence-electron chi connectivity index (χ3n) is 5.99. The van der Waals surface area contributed by atoms with E-state index in [1.165, 1.54) is 9.21 Å². The molecule has 1 heterocycles. The predicted octanol–water partition coefficient (Wildman–Crippen LogP) is 3.32. The summed E-state index contributed by atoms with van der Waals surface area (Å²) in [5.74, 6) is 0.340. The van der Waals surface area contributed by atoms with Crippen molar-refractivity contribution in [3.63, 3.8) is 0 Å². The number of amides is 2. The summed E-state index contributed by atoms with van der Waals surface area (Å²) in [4.78, 5) is 26.1. The molecule has 0 aromatic heterocycles. The van der Waals surface area contributed by atoms with E-state index >= 15 is 0 Å². The molecule has 1 fully saturated rings. The number of nitrogens with one attached hydrogen (secondary N) is 1. The van der Waals surface area contributed by atoms with Crippen LogP contribution in [0.1, 0.15) is 38.2 Å². The number of piperidine rings is 1. The normalized spacial score (nSPS) is 15.2. The standard InChI is InChI=1S/C25H33N3O5S/c1-18(2)19-5-11-23(12-6-19)34(31,32)28-15-13-20(14-16-28)25(30)26-21-7-9-22(10-8-21)33-17-24(29)27(3)4/h5-12,18,20H,13-17H2,1-4H3,(H,26,30). The molecule has 3 rings (SSSR count). The van der Waals surface area contributed by atoms with Crippen molar-refractivity contribution < 1.29 is 22.7 Å². The van der Waals surface area contributed by atoms with Crippen LogP contribution in [0.2, 0.25) is 0 Å². The molecule has 2 amide bonds. The SMILES string of the molecule is CC(C)c1ccc(S(=O)(=O)N2CCC(C(=O)Nc3ccc(OCC(=O)N(C)C)cc3)CC2)cc1. The smallest absolute Gasteiger partial charge is 0.259 e. The van der Waals surface area contributed by atoms with Crippen molar-refractivity contribution in [3.8, 4) is 5.75 Å². The fraction of sp³-hybridized carbons (Fsp3) is 0.440. The summed E-state index contributed by atoms with van der Waals surface area (Å²) >= 11 is 0. The minimum atomic E-state index is -3.57. The van der Waals surface area contributed by atoms with Gasteiger partial charge in [-0.1, -0.05) is 26.0 Å². The Balaban J connectivity index is 1.52. The van der Waals surface area contributed by atoms with Gasteiger partial charge in [0, 0.05) is 38.8 Å². The Labute approximate surface area is 201 Å². The number of hydrogen-bond donors (Lipinski definition) is 1. The van der Waals surface area contributed by atoms with Crippen LogP contribution >= 0.6 is 0 Å². The Hall–Kier alpha value is -2.91. The summed E-state index contributed by atoms with van der Waals surface area (Å²) in [6, 6.07) is 13.8. The van der Waals surface area contributed by atoms with Gasteiger partial charge in [-0.25, -0.2) is 8.42 Å². The predicted molar refractivity (Wildman–Crippen MR) is 131 cm³/mol. The maximum Gasteiger partial charge on any atom is 0.259 e. The van der Waals surface area contributed by atoms with Gasteiger partial charge in [-0.05, 0) is 60.7 Å². The Morgan fingerprint density at radius 1 is 1.03 bits per heavy atom. The maximum atomic E-state index is 13.0. The molecule has 1 N–H and O–H groups in total. The van der Waals surface area contributed by atoms with E-state index in [-0.39, 0.29) is 29.2 Å². The lowest BCUT2D eigenvalue weighted by Gasteiger charge is -2.30. The van der Waals surface area contributed by atoms with E-state index in [9.17, 15) is 18.0 Å². The highest BCUT2D eigenvalue weighted by Crippen LogP contribution is 2.26. The first kappa shape index (κ1) is 25.7. The second-order valence-electron chi connectivity index (χ2n) is 8.99. The lowest BCUT2D eigenvalue weighted by molar-refractivity contribution is -0.130. The molecule has 0 unspecified atom stereocenters. The first-order valence-corrected chi connectivity index (χ1v) is 12.9. The molecule has 1 saturated heterocycles. The number of ether oxygens (including phenoxy) is 1. The first-order chi connectivity index (χ1) is 16.1. The van der Waals surface area contributed by atoms with Crippen LogP contribution in [-0.2, 0) is 19.6 Å². The molecule has 8 nitrogen and oxygen atoms in total. The molecule has 2 aromatic rings. The van der Waals surface area contributed by atoms with Gasteiger partial charge in [0.05, 0.1) is 4.90 Å². The number of likely N-dealkylation sites (N-methyl/N-ethyl adjacent to an activating group) is 1. The molecular formula is C25H33N3O5S. The maximum absolute atomic E-state index is 13.0. The highest BCUT2D eigenvalue weighted by molar-refractivity contribution is 7.89. The van der Waals surface area contributed by atoms with Gasteiger partial charge in [0.15, 0.2) is 6.61 Å². The van der Waals surface area contributed by atoms with Gasteiger partial charge in [0.1, 0.15) is 5.75 Å². The lowest BCUT2D eigenvalue weighted by Crippen LogP contribution is -2.41. The van der Waals surface area contributed by atoms with Crippen LogP contribution in [0.4, 0.5) is 5.69 Å². The molecule has 0 saturated carbocycles. The summed E-state index contributed by atoms with van der Waals surface area (Å²) in [7, 11) is -0.252. The van der Waals surface area contributed by atoms with Crippen LogP contribution in [0.3, 0.4) is 0 Å². The quantitative estimate of drug-likeness (QED) is 0.616. The minimum Gasteiger partial charge on any atom is -0.484 e. The zero-order valence-electron chi connectivity index (χ0n) is 20.2. The van der Waals surface area contributed by atoms with Crippen LogP contribution in [-0.4, -0.2) is 63.2 Å². The van der Waals surface area contributed by atoms with E-state index in [4.69, 9.17) is 4.74 Å². The summed E-state index contributed by atoms with van der Waals surface area (Å²) in [5.41, 5.74) is 1.72. The van der Waals surface area contributed by atoms with Crippen LogP contribution in [0.5, 0.6) is 5.75 Å².